The van der Waals surface area contributed by atoms with Crippen LogP contribution in [0.1, 0.15) is 36.3 Å². The van der Waals surface area contributed by atoms with Crippen molar-refractivity contribution < 1.29 is 17.9 Å². The Morgan fingerprint density at radius 2 is 2.04 bits per heavy atom. The molecule has 23 heavy (non-hydrogen) atoms. The number of hydrogen-bond acceptors (Lipinski definition) is 3. The van der Waals surface area contributed by atoms with E-state index in [9.17, 15) is 13.2 Å². The zero-order valence-electron chi connectivity index (χ0n) is 13.1. The molecule has 1 aromatic carbocycles. The molecule has 2 heterocycles. The standard InChI is InChI=1S/C17H21F3N2O/c1-22-15-4-5-21-8-13(15)12-6-11(23-9-10-2-3-10)7-14(16(12)22)17(18,19)20/h6-7,10,13,15,21H,2-5,8-9H2,1H3/t13-,15-/m0/s1. The summed E-state index contributed by atoms with van der Waals surface area (Å²) >= 11 is 0. The van der Waals surface area contributed by atoms with Crippen LogP contribution in [0.4, 0.5) is 18.9 Å². The molecule has 4 rings (SSSR count). The third-order valence-corrected chi connectivity index (χ3v) is 5.30. The van der Waals surface area contributed by atoms with E-state index in [-0.39, 0.29) is 12.0 Å². The van der Waals surface area contributed by atoms with E-state index in [4.69, 9.17) is 4.74 Å². The Hall–Kier alpha value is -1.43. The van der Waals surface area contributed by atoms with Gasteiger partial charge in [0.15, 0.2) is 0 Å². The number of benzene rings is 1. The fourth-order valence-electron chi connectivity index (χ4n) is 3.90. The van der Waals surface area contributed by atoms with Crippen LogP contribution in [0.2, 0.25) is 0 Å². The van der Waals surface area contributed by atoms with Crippen LogP contribution in [0.3, 0.4) is 0 Å². The first-order valence-electron chi connectivity index (χ1n) is 8.26. The van der Waals surface area contributed by atoms with Gasteiger partial charge in [0.1, 0.15) is 5.75 Å². The molecular weight excluding hydrogens is 305 g/mol. The highest BCUT2D eigenvalue weighted by Crippen LogP contribution is 2.50. The monoisotopic (exact) mass is 326 g/mol. The molecule has 2 atom stereocenters. The average Bonchev–Trinajstić information content (AvgIpc) is 3.30. The average molecular weight is 326 g/mol. The maximum atomic E-state index is 13.6. The minimum absolute atomic E-state index is 0.106. The van der Waals surface area contributed by atoms with E-state index in [0.717, 1.165) is 37.9 Å². The topological polar surface area (TPSA) is 24.5 Å². The SMILES string of the molecule is CN1c2c(cc(OCC3CC3)cc2C(F)(F)F)[C@@H]2CNCC[C@@H]21. The van der Waals surface area contributed by atoms with E-state index < -0.39 is 11.7 Å². The molecule has 1 N–H and O–H groups in total. The number of nitrogens with zero attached hydrogens (tertiary/aromatic N) is 1. The molecule has 1 saturated heterocycles. The molecule has 0 bridgehead atoms. The van der Waals surface area contributed by atoms with Crippen molar-refractivity contribution in [3.63, 3.8) is 0 Å². The summed E-state index contributed by atoms with van der Waals surface area (Å²) in [5.41, 5.74) is 0.568. The quantitative estimate of drug-likeness (QED) is 0.921. The van der Waals surface area contributed by atoms with Crippen molar-refractivity contribution in [2.75, 3.05) is 31.6 Å². The number of likely N-dealkylation sites (N-methyl/N-ethyl adjacent to an activating group) is 1. The molecule has 0 amide bonds. The van der Waals surface area contributed by atoms with Gasteiger partial charge in [-0.25, -0.2) is 0 Å². The van der Waals surface area contributed by atoms with Crippen LogP contribution in [0.5, 0.6) is 5.75 Å². The van der Waals surface area contributed by atoms with E-state index in [0.29, 0.717) is 24.0 Å². The third kappa shape index (κ3) is 2.67. The van der Waals surface area contributed by atoms with Crippen molar-refractivity contribution in [1.29, 1.82) is 0 Å². The minimum atomic E-state index is -4.36. The van der Waals surface area contributed by atoms with Crippen molar-refractivity contribution in [1.82, 2.24) is 5.32 Å². The number of fused-ring (bicyclic) bond motifs is 3. The van der Waals surface area contributed by atoms with Gasteiger partial charge in [-0.05, 0) is 49.4 Å². The zero-order valence-corrected chi connectivity index (χ0v) is 13.1. The van der Waals surface area contributed by atoms with Crippen molar-refractivity contribution >= 4 is 5.69 Å². The van der Waals surface area contributed by atoms with E-state index in [1.807, 2.05) is 11.0 Å². The number of ether oxygens (including phenoxy) is 1. The van der Waals surface area contributed by atoms with Gasteiger partial charge in [0.2, 0.25) is 0 Å². The Morgan fingerprint density at radius 1 is 1.26 bits per heavy atom. The number of anilines is 1. The number of nitrogens with one attached hydrogen (secondary N) is 1. The lowest BCUT2D eigenvalue weighted by Crippen LogP contribution is -2.42. The van der Waals surface area contributed by atoms with Crippen LogP contribution < -0.4 is 15.0 Å². The first-order valence-corrected chi connectivity index (χ1v) is 8.26. The van der Waals surface area contributed by atoms with Gasteiger partial charge in [0, 0.05) is 25.6 Å². The highest BCUT2D eigenvalue weighted by Gasteiger charge is 2.45. The first kappa shape index (κ1) is 15.1. The second kappa shape index (κ2) is 5.30. The van der Waals surface area contributed by atoms with Crippen LogP contribution >= 0.6 is 0 Å². The molecule has 0 spiro atoms. The van der Waals surface area contributed by atoms with Crippen LogP contribution in [0.25, 0.3) is 0 Å². The van der Waals surface area contributed by atoms with Crippen molar-refractivity contribution in [2.45, 2.75) is 37.4 Å². The smallest absolute Gasteiger partial charge is 0.418 e. The summed E-state index contributed by atoms with van der Waals surface area (Å²) < 4.78 is 46.4. The van der Waals surface area contributed by atoms with Crippen molar-refractivity contribution in [3.8, 4) is 5.75 Å². The fraction of sp³-hybridized carbons (Fsp3) is 0.647. The second-order valence-electron chi connectivity index (χ2n) is 6.94. The maximum absolute atomic E-state index is 13.6. The molecule has 126 valence electrons. The number of halogens is 3. The number of alkyl halides is 3. The Bertz CT molecular complexity index is 613. The summed E-state index contributed by atoms with van der Waals surface area (Å²) in [7, 11) is 1.79. The van der Waals surface area contributed by atoms with Gasteiger partial charge < -0.3 is 15.0 Å². The molecule has 2 aliphatic heterocycles. The molecular formula is C17H21F3N2O. The van der Waals surface area contributed by atoms with Crippen LogP contribution in [0.15, 0.2) is 12.1 Å². The minimum Gasteiger partial charge on any atom is -0.493 e. The highest BCUT2D eigenvalue weighted by molar-refractivity contribution is 5.69. The summed E-state index contributed by atoms with van der Waals surface area (Å²) in [6.07, 6.45) is -1.26. The molecule has 1 aliphatic carbocycles. The highest BCUT2D eigenvalue weighted by atomic mass is 19.4. The summed E-state index contributed by atoms with van der Waals surface area (Å²) in [6.45, 7) is 2.11. The molecule has 3 aliphatic rings. The Morgan fingerprint density at radius 3 is 2.74 bits per heavy atom. The molecule has 1 aromatic rings. The normalized spacial score (nSPS) is 26.9. The van der Waals surface area contributed by atoms with E-state index in [2.05, 4.69) is 5.32 Å². The van der Waals surface area contributed by atoms with E-state index in [1.54, 1.807) is 7.05 Å². The molecule has 0 unspecified atom stereocenters. The predicted octanol–water partition coefficient (Wildman–Crippen LogP) is 3.39. The van der Waals surface area contributed by atoms with Crippen molar-refractivity contribution in [3.05, 3.63) is 23.3 Å². The zero-order chi connectivity index (χ0) is 16.2. The van der Waals surface area contributed by atoms with Gasteiger partial charge in [0.25, 0.3) is 0 Å². The molecule has 6 heteroatoms. The van der Waals surface area contributed by atoms with Gasteiger partial charge in [0.05, 0.1) is 17.9 Å². The van der Waals surface area contributed by atoms with Gasteiger partial charge in [-0.3, -0.25) is 0 Å². The van der Waals surface area contributed by atoms with Gasteiger partial charge >= 0.3 is 6.18 Å². The largest absolute Gasteiger partial charge is 0.493 e. The lowest BCUT2D eigenvalue weighted by molar-refractivity contribution is -0.137. The van der Waals surface area contributed by atoms with E-state index in [1.165, 1.54) is 6.07 Å². The molecule has 1 saturated carbocycles. The maximum Gasteiger partial charge on any atom is 0.418 e. The summed E-state index contributed by atoms with van der Waals surface area (Å²) in [6, 6.07) is 3.16. The molecule has 0 aromatic heterocycles. The Balaban J connectivity index is 1.75. The predicted molar refractivity (Wildman–Crippen MR) is 82.1 cm³/mol. The molecule has 0 radical (unpaired) electrons. The fourth-order valence-corrected chi connectivity index (χ4v) is 3.90. The number of piperidine rings is 1. The summed E-state index contributed by atoms with van der Waals surface area (Å²) in [4.78, 5) is 1.83. The number of hydrogen-bond donors (Lipinski definition) is 1. The summed E-state index contributed by atoms with van der Waals surface area (Å²) in [5.74, 6) is 0.987. The van der Waals surface area contributed by atoms with Gasteiger partial charge in [-0.2, -0.15) is 13.2 Å². The van der Waals surface area contributed by atoms with Crippen LogP contribution in [0, 0.1) is 5.92 Å². The molecule has 2 fully saturated rings. The lowest BCUT2D eigenvalue weighted by Gasteiger charge is -2.31. The second-order valence-corrected chi connectivity index (χ2v) is 6.94. The molecule has 3 nitrogen and oxygen atoms in total. The Kier molecular flexibility index (Phi) is 3.48. The Labute approximate surface area is 133 Å². The van der Waals surface area contributed by atoms with Crippen LogP contribution in [-0.4, -0.2) is 32.8 Å². The van der Waals surface area contributed by atoms with Gasteiger partial charge in [-0.1, -0.05) is 0 Å². The first-order chi connectivity index (χ1) is 10.9. The van der Waals surface area contributed by atoms with Crippen molar-refractivity contribution in [2.24, 2.45) is 5.92 Å². The van der Waals surface area contributed by atoms with Crippen LogP contribution in [-0.2, 0) is 6.18 Å². The lowest BCUT2D eigenvalue weighted by atomic mass is 9.89. The summed E-state index contributed by atoms with van der Waals surface area (Å²) in [5, 5.41) is 3.31. The van der Waals surface area contributed by atoms with E-state index >= 15 is 0 Å². The van der Waals surface area contributed by atoms with Gasteiger partial charge in [-0.15, -0.1) is 0 Å². The third-order valence-electron chi connectivity index (χ3n) is 5.30. The number of rotatable bonds is 3.